The monoisotopic (exact) mass is 355 g/mol. The summed E-state index contributed by atoms with van der Waals surface area (Å²) in [5.74, 6) is 2.01. The Hall–Kier alpha value is -2.08. The van der Waals surface area contributed by atoms with E-state index in [-0.39, 0.29) is 0 Å². The maximum atomic E-state index is 4.38. The molecule has 0 fully saturated rings. The first-order chi connectivity index (χ1) is 12.1. The molecule has 6 heteroatoms. The summed E-state index contributed by atoms with van der Waals surface area (Å²) in [6, 6.07) is 8.31. The summed E-state index contributed by atoms with van der Waals surface area (Å²) in [5, 5.41) is 14.1. The van der Waals surface area contributed by atoms with Gasteiger partial charge in [-0.15, -0.1) is 10.2 Å². The molecule has 0 aliphatic heterocycles. The molecule has 0 aliphatic rings. The van der Waals surface area contributed by atoms with Gasteiger partial charge in [0.05, 0.1) is 6.20 Å². The van der Waals surface area contributed by atoms with Crippen LogP contribution in [0, 0.1) is 13.8 Å². The molecular weight excluding hydrogens is 330 g/mol. The number of rotatable bonds is 8. The highest BCUT2D eigenvalue weighted by Crippen LogP contribution is 2.25. The summed E-state index contributed by atoms with van der Waals surface area (Å²) in [5.41, 5.74) is 3.60. The fourth-order valence-electron chi connectivity index (χ4n) is 2.80. The molecule has 0 spiro atoms. The average Bonchev–Trinajstić information content (AvgIpc) is 3.18. The third kappa shape index (κ3) is 4.51. The molecule has 0 aliphatic carbocycles. The van der Waals surface area contributed by atoms with Gasteiger partial charge in [-0.05, 0) is 37.8 Å². The van der Waals surface area contributed by atoms with Gasteiger partial charge in [0.15, 0.2) is 11.0 Å². The lowest BCUT2D eigenvalue weighted by molar-refractivity contribution is 0.554. The third-order valence-electron chi connectivity index (χ3n) is 4.25. The summed E-state index contributed by atoms with van der Waals surface area (Å²) in [4.78, 5) is 0. The zero-order chi connectivity index (χ0) is 17.6. The molecule has 2 aromatic heterocycles. The van der Waals surface area contributed by atoms with Crippen LogP contribution in [-0.2, 0) is 13.6 Å². The lowest BCUT2D eigenvalue weighted by atomic mass is 10.1. The number of nitrogens with zero attached hydrogens (tertiary/aromatic N) is 5. The number of unbranched alkanes of at least 4 members (excludes halogenated alkanes) is 2. The number of benzene rings is 1. The molecule has 0 N–H and O–H groups in total. The molecular formula is C19H25N5S. The van der Waals surface area contributed by atoms with E-state index in [1.807, 2.05) is 24.0 Å². The molecule has 0 amide bonds. The van der Waals surface area contributed by atoms with E-state index in [2.05, 4.69) is 58.1 Å². The molecule has 3 aromatic rings. The molecule has 3 rings (SSSR count). The van der Waals surface area contributed by atoms with E-state index in [4.69, 9.17) is 0 Å². The molecule has 1 aromatic carbocycles. The quantitative estimate of drug-likeness (QED) is 0.447. The summed E-state index contributed by atoms with van der Waals surface area (Å²) in [6.07, 6.45) is 7.55. The third-order valence-corrected chi connectivity index (χ3v) is 5.35. The van der Waals surface area contributed by atoms with E-state index in [0.717, 1.165) is 35.3 Å². The van der Waals surface area contributed by atoms with Crippen molar-refractivity contribution < 1.29 is 0 Å². The molecule has 0 bridgehead atoms. The van der Waals surface area contributed by atoms with Crippen molar-refractivity contribution in [2.24, 2.45) is 7.05 Å². The number of hydrogen-bond acceptors (Lipinski definition) is 4. The van der Waals surface area contributed by atoms with Gasteiger partial charge >= 0.3 is 0 Å². The van der Waals surface area contributed by atoms with Gasteiger partial charge in [-0.3, -0.25) is 4.68 Å². The van der Waals surface area contributed by atoms with Crippen LogP contribution in [0.5, 0.6) is 0 Å². The van der Waals surface area contributed by atoms with Crippen molar-refractivity contribution in [2.75, 3.05) is 5.75 Å². The van der Waals surface area contributed by atoms with E-state index < -0.39 is 0 Å². The SMILES string of the molecule is Cc1cnn(CCCCCSc2nnc(-c3ccccc3C)n2C)c1. The van der Waals surface area contributed by atoms with Gasteiger partial charge in [-0.2, -0.15) is 5.10 Å². The smallest absolute Gasteiger partial charge is 0.191 e. The van der Waals surface area contributed by atoms with Crippen molar-refractivity contribution in [1.82, 2.24) is 24.5 Å². The zero-order valence-electron chi connectivity index (χ0n) is 15.1. The van der Waals surface area contributed by atoms with E-state index in [1.165, 1.54) is 24.0 Å². The van der Waals surface area contributed by atoms with Gasteiger partial charge in [0, 0.05) is 31.1 Å². The van der Waals surface area contributed by atoms with Crippen LogP contribution in [0.1, 0.15) is 30.4 Å². The van der Waals surface area contributed by atoms with Gasteiger partial charge in [0.1, 0.15) is 0 Å². The van der Waals surface area contributed by atoms with E-state index in [1.54, 1.807) is 11.8 Å². The number of hydrogen-bond donors (Lipinski definition) is 0. The van der Waals surface area contributed by atoms with Crippen LogP contribution in [0.4, 0.5) is 0 Å². The van der Waals surface area contributed by atoms with Crippen molar-refractivity contribution in [3.05, 3.63) is 47.8 Å². The molecule has 132 valence electrons. The average molecular weight is 356 g/mol. The normalized spacial score (nSPS) is 11.2. The molecule has 0 radical (unpaired) electrons. The minimum Gasteiger partial charge on any atom is -0.305 e. The molecule has 25 heavy (non-hydrogen) atoms. The maximum Gasteiger partial charge on any atom is 0.191 e. The Balaban J connectivity index is 1.45. The predicted molar refractivity (Wildman–Crippen MR) is 103 cm³/mol. The summed E-state index contributed by atoms with van der Waals surface area (Å²) in [6.45, 7) is 5.18. The van der Waals surface area contributed by atoms with Crippen molar-refractivity contribution in [2.45, 2.75) is 44.8 Å². The Bertz CT molecular complexity index is 821. The summed E-state index contributed by atoms with van der Waals surface area (Å²) in [7, 11) is 2.05. The highest BCUT2D eigenvalue weighted by atomic mass is 32.2. The van der Waals surface area contributed by atoms with Crippen LogP contribution in [0.3, 0.4) is 0 Å². The molecule has 0 saturated heterocycles. The van der Waals surface area contributed by atoms with Crippen LogP contribution in [0.2, 0.25) is 0 Å². The second-order valence-corrected chi connectivity index (χ2v) is 7.43. The van der Waals surface area contributed by atoms with Crippen molar-refractivity contribution >= 4 is 11.8 Å². The van der Waals surface area contributed by atoms with Crippen LogP contribution in [0.25, 0.3) is 11.4 Å². The lowest BCUT2D eigenvalue weighted by Crippen LogP contribution is -1.99. The van der Waals surface area contributed by atoms with Crippen molar-refractivity contribution in [3.63, 3.8) is 0 Å². The van der Waals surface area contributed by atoms with E-state index in [0.29, 0.717) is 0 Å². The summed E-state index contributed by atoms with van der Waals surface area (Å²) >= 11 is 1.79. The van der Waals surface area contributed by atoms with Crippen LogP contribution in [0.15, 0.2) is 41.8 Å². The Morgan fingerprint density at radius 3 is 2.64 bits per heavy atom. The van der Waals surface area contributed by atoms with Gasteiger partial charge in [0.2, 0.25) is 0 Å². The number of aromatic nitrogens is 5. The number of thioether (sulfide) groups is 1. The van der Waals surface area contributed by atoms with Crippen LogP contribution < -0.4 is 0 Å². The largest absolute Gasteiger partial charge is 0.305 e. The van der Waals surface area contributed by atoms with Gasteiger partial charge < -0.3 is 4.57 Å². The molecule has 0 unspecified atom stereocenters. The minimum absolute atomic E-state index is 0.939. The predicted octanol–water partition coefficient (Wildman–Crippen LogP) is 4.26. The molecule has 2 heterocycles. The molecule has 0 saturated carbocycles. The second-order valence-electron chi connectivity index (χ2n) is 6.37. The first-order valence-corrected chi connectivity index (χ1v) is 9.71. The topological polar surface area (TPSA) is 48.5 Å². The Kier molecular flexibility index (Phi) is 5.91. The van der Waals surface area contributed by atoms with Gasteiger partial charge in [-0.25, -0.2) is 0 Å². The Labute approximate surface area is 153 Å². The lowest BCUT2D eigenvalue weighted by Gasteiger charge is -2.06. The van der Waals surface area contributed by atoms with Crippen molar-refractivity contribution in [1.29, 1.82) is 0 Å². The fourth-order valence-corrected chi connectivity index (χ4v) is 3.71. The highest BCUT2D eigenvalue weighted by Gasteiger charge is 2.12. The second kappa shape index (κ2) is 8.34. The molecule has 5 nitrogen and oxygen atoms in total. The number of aryl methyl sites for hydroxylation is 3. The molecule has 0 atom stereocenters. The van der Waals surface area contributed by atoms with Crippen LogP contribution >= 0.6 is 11.8 Å². The van der Waals surface area contributed by atoms with Gasteiger partial charge in [0.25, 0.3) is 0 Å². The summed E-state index contributed by atoms with van der Waals surface area (Å²) < 4.78 is 4.12. The Morgan fingerprint density at radius 1 is 1.04 bits per heavy atom. The highest BCUT2D eigenvalue weighted by molar-refractivity contribution is 7.99. The zero-order valence-corrected chi connectivity index (χ0v) is 16.0. The Morgan fingerprint density at radius 2 is 1.88 bits per heavy atom. The van der Waals surface area contributed by atoms with Crippen LogP contribution in [-0.4, -0.2) is 30.3 Å². The maximum absolute atomic E-state index is 4.38. The first kappa shape index (κ1) is 17.7. The minimum atomic E-state index is 0.939. The van der Waals surface area contributed by atoms with E-state index in [9.17, 15) is 0 Å². The standard InChI is InChI=1S/C19H25N5S/c1-15-13-20-24(14-15)11-7-4-8-12-25-19-22-21-18(23(19)3)17-10-6-5-9-16(17)2/h5-6,9-10,13-14H,4,7-8,11-12H2,1-3H3. The van der Waals surface area contributed by atoms with E-state index >= 15 is 0 Å². The van der Waals surface area contributed by atoms with Gasteiger partial charge in [-0.1, -0.05) is 42.4 Å². The first-order valence-electron chi connectivity index (χ1n) is 8.72. The fraction of sp³-hybridized carbons (Fsp3) is 0.421. The van der Waals surface area contributed by atoms with Crippen molar-refractivity contribution in [3.8, 4) is 11.4 Å².